The maximum absolute atomic E-state index is 6.72. The van der Waals surface area contributed by atoms with Crippen LogP contribution in [0.5, 0.6) is 0 Å². The Kier molecular flexibility index (Phi) is 11.2. The highest BCUT2D eigenvalue weighted by atomic mass is 16.7. The fraction of sp³-hybridized carbons (Fsp3) is 0.351. The predicted molar refractivity (Wildman–Crippen MR) is 166 cm³/mol. The molecule has 4 aromatic carbocycles. The molecule has 7 nitrogen and oxygen atoms in total. The van der Waals surface area contributed by atoms with Crippen molar-refractivity contribution in [3.8, 4) is 0 Å². The first-order valence-electron chi connectivity index (χ1n) is 15.3. The molecular formula is C37H40O7. The lowest BCUT2D eigenvalue weighted by Crippen LogP contribution is -2.62. The third-order valence-corrected chi connectivity index (χ3v) is 7.69. The molecule has 2 aliphatic rings. The Labute approximate surface area is 259 Å². The number of epoxide rings is 1. The molecule has 0 unspecified atom stereocenters. The van der Waals surface area contributed by atoms with Crippen LogP contribution in [-0.4, -0.2) is 56.6 Å². The highest BCUT2D eigenvalue weighted by Gasteiger charge is 2.49. The number of hydrogen-bond donors (Lipinski definition) is 0. The van der Waals surface area contributed by atoms with E-state index in [0.717, 1.165) is 22.3 Å². The summed E-state index contributed by atoms with van der Waals surface area (Å²) in [6.07, 6.45) is -2.67. The second-order valence-electron chi connectivity index (χ2n) is 11.1. The quantitative estimate of drug-likeness (QED) is 0.145. The van der Waals surface area contributed by atoms with Crippen LogP contribution in [-0.2, 0) is 59.6 Å². The van der Waals surface area contributed by atoms with Crippen LogP contribution in [0.3, 0.4) is 0 Å². The molecule has 0 amide bonds. The number of rotatable bonds is 16. The second kappa shape index (κ2) is 16.1. The summed E-state index contributed by atoms with van der Waals surface area (Å²) in [7, 11) is 0. The average Bonchev–Trinajstić information content (AvgIpc) is 3.92. The van der Waals surface area contributed by atoms with Crippen molar-refractivity contribution in [2.24, 2.45) is 0 Å². The maximum atomic E-state index is 6.72. The van der Waals surface area contributed by atoms with Crippen molar-refractivity contribution >= 4 is 0 Å². The predicted octanol–water partition coefficient (Wildman–Crippen LogP) is 6.10. The molecule has 44 heavy (non-hydrogen) atoms. The first-order chi connectivity index (χ1) is 21.8. The third kappa shape index (κ3) is 9.06. The molecule has 0 aliphatic carbocycles. The molecule has 4 aromatic rings. The van der Waals surface area contributed by atoms with E-state index in [4.69, 9.17) is 33.2 Å². The number of benzene rings is 4. The topological polar surface area (TPSA) is 67.9 Å². The smallest absolute Gasteiger partial charge is 0.187 e. The van der Waals surface area contributed by atoms with E-state index < -0.39 is 30.7 Å². The van der Waals surface area contributed by atoms with Gasteiger partial charge in [-0.2, -0.15) is 0 Å². The monoisotopic (exact) mass is 596 g/mol. The molecule has 2 heterocycles. The van der Waals surface area contributed by atoms with Gasteiger partial charge in [0.1, 0.15) is 30.5 Å². The van der Waals surface area contributed by atoms with E-state index in [1.165, 1.54) is 0 Å². The van der Waals surface area contributed by atoms with E-state index in [2.05, 4.69) is 24.3 Å². The number of hydrogen-bond acceptors (Lipinski definition) is 7. The summed E-state index contributed by atoms with van der Waals surface area (Å²) in [6, 6.07) is 40.4. The molecule has 7 heteroatoms. The van der Waals surface area contributed by atoms with Gasteiger partial charge in [0.2, 0.25) is 0 Å². The molecule has 0 spiro atoms. The van der Waals surface area contributed by atoms with Crippen molar-refractivity contribution in [2.45, 2.75) is 63.2 Å². The highest BCUT2D eigenvalue weighted by molar-refractivity contribution is 5.16. The minimum absolute atomic E-state index is 0.0666. The molecule has 2 saturated heterocycles. The highest BCUT2D eigenvalue weighted by Crippen LogP contribution is 2.32. The summed E-state index contributed by atoms with van der Waals surface area (Å²) in [5.41, 5.74) is 4.26. The molecule has 2 fully saturated rings. The molecule has 0 N–H and O–H groups in total. The molecule has 6 atom stereocenters. The number of ether oxygens (including phenoxy) is 7. The fourth-order valence-corrected chi connectivity index (χ4v) is 5.25. The van der Waals surface area contributed by atoms with Crippen LogP contribution >= 0.6 is 0 Å². The standard InChI is InChI=1S/C37H40O7/c1-5-13-28(14-6-1)21-38-27-33-34(40-22-29-15-7-2-8-16-29)35(41-23-30-17-9-3-10-18-30)36(37(44-33)43-26-32-25-39-32)42-24-31-19-11-4-12-20-31/h1-20,32-37H,21-27H2/t32-,33-,34+,35+,36-,37+/m1/s1. The van der Waals surface area contributed by atoms with Gasteiger partial charge >= 0.3 is 0 Å². The summed E-state index contributed by atoms with van der Waals surface area (Å²) in [5.74, 6) is 0. The summed E-state index contributed by atoms with van der Waals surface area (Å²) < 4.78 is 44.6. The molecule has 0 saturated carbocycles. The van der Waals surface area contributed by atoms with E-state index in [0.29, 0.717) is 46.2 Å². The van der Waals surface area contributed by atoms with Gasteiger partial charge < -0.3 is 33.2 Å². The van der Waals surface area contributed by atoms with Crippen LogP contribution in [0.25, 0.3) is 0 Å². The van der Waals surface area contributed by atoms with Crippen molar-refractivity contribution in [3.63, 3.8) is 0 Å². The minimum atomic E-state index is -0.703. The lowest BCUT2D eigenvalue weighted by atomic mass is 9.97. The SMILES string of the molecule is c1ccc(COC[C@H]2O[C@H](OC[C@H]3CO3)[C@H](OCc3ccccc3)[C@@H](OCc3ccccc3)[C@H]2OCc2ccccc2)cc1. The zero-order valence-electron chi connectivity index (χ0n) is 24.8. The van der Waals surface area contributed by atoms with E-state index in [-0.39, 0.29) is 6.10 Å². The van der Waals surface area contributed by atoms with Crippen LogP contribution < -0.4 is 0 Å². The Morgan fingerprint density at radius 3 is 1.39 bits per heavy atom. The van der Waals surface area contributed by atoms with Crippen LogP contribution in [0.15, 0.2) is 121 Å². The Bertz CT molecular complexity index is 1350. The summed E-state index contributed by atoms with van der Waals surface area (Å²) in [6.45, 7) is 3.00. The molecule has 230 valence electrons. The average molecular weight is 597 g/mol. The Morgan fingerprint density at radius 1 is 0.477 bits per heavy atom. The van der Waals surface area contributed by atoms with E-state index in [1.54, 1.807) is 0 Å². The Balaban J connectivity index is 1.26. The van der Waals surface area contributed by atoms with Gasteiger partial charge in [0.25, 0.3) is 0 Å². The lowest BCUT2D eigenvalue weighted by Gasteiger charge is -2.45. The van der Waals surface area contributed by atoms with Crippen molar-refractivity contribution in [3.05, 3.63) is 144 Å². The van der Waals surface area contributed by atoms with E-state index in [9.17, 15) is 0 Å². The third-order valence-electron chi connectivity index (χ3n) is 7.69. The van der Waals surface area contributed by atoms with E-state index >= 15 is 0 Å². The van der Waals surface area contributed by atoms with Gasteiger partial charge in [-0.1, -0.05) is 121 Å². The van der Waals surface area contributed by atoms with Crippen LogP contribution in [0, 0.1) is 0 Å². The Morgan fingerprint density at radius 2 is 0.909 bits per heavy atom. The van der Waals surface area contributed by atoms with E-state index in [1.807, 2.05) is 97.1 Å². The maximum Gasteiger partial charge on any atom is 0.187 e. The molecule has 0 radical (unpaired) electrons. The van der Waals surface area contributed by atoms with Gasteiger partial charge in [-0.15, -0.1) is 0 Å². The van der Waals surface area contributed by atoms with Crippen LogP contribution in [0.1, 0.15) is 22.3 Å². The summed E-state index contributed by atoms with van der Waals surface area (Å²) >= 11 is 0. The lowest BCUT2D eigenvalue weighted by molar-refractivity contribution is -0.328. The van der Waals surface area contributed by atoms with Gasteiger partial charge in [-0.25, -0.2) is 0 Å². The van der Waals surface area contributed by atoms with Gasteiger partial charge in [-0.05, 0) is 22.3 Å². The van der Waals surface area contributed by atoms with Crippen molar-refractivity contribution in [1.29, 1.82) is 0 Å². The summed E-state index contributed by atoms with van der Waals surface area (Å²) in [4.78, 5) is 0. The zero-order valence-corrected chi connectivity index (χ0v) is 24.8. The zero-order chi connectivity index (χ0) is 29.8. The first kappa shape index (κ1) is 30.6. The molecule has 2 aliphatic heterocycles. The van der Waals surface area contributed by atoms with Crippen molar-refractivity contribution in [1.82, 2.24) is 0 Å². The van der Waals surface area contributed by atoms with Gasteiger partial charge in [0.15, 0.2) is 6.29 Å². The summed E-state index contributed by atoms with van der Waals surface area (Å²) in [5, 5.41) is 0. The first-order valence-corrected chi connectivity index (χ1v) is 15.3. The van der Waals surface area contributed by atoms with Crippen molar-refractivity contribution in [2.75, 3.05) is 19.8 Å². The van der Waals surface area contributed by atoms with Gasteiger partial charge in [0.05, 0.1) is 46.2 Å². The van der Waals surface area contributed by atoms with Crippen LogP contribution in [0.2, 0.25) is 0 Å². The Hall–Kier alpha value is -3.40. The van der Waals surface area contributed by atoms with Crippen LogP contribution in [0.4, 0.5) is 0 Å². The van der Waals surface area contributed by atoms with Gasteiger partial charge in [-0.3, -0.25) is 0 Å². The molecule has 0 bridgehead atoms. The fourth-order valence-electron chi connectivity index (χ4n) is 5.25. The molecule has 0 aromatic heterocycles. The minimum Gasteiger partial charge on any atom is -0.374 e. The second-order valence-corrected chi connectivity index (χ2v) is 11.1. The molecular weight excluding hydrogens is 556 g/mol. The van der Waals surface area contributed by atoms with Crippen molar-refractivity contribution < 1.29 is 33.2 Å². The largest absolute Gasteiger partial charge is 0.374 e. The van der Waals surface area contributed by atoms with Gasteiger partial charge in [0, 0.05) is 0 Å². The molecule has 6 rings (SSSR count). The normalized spacial score (nSPS) is 24.6.